The van der Waals surface area contributed by atoms with Gasteiger partial charge in [-0.1, -0.05) is 42.3 Å². The first-order valence-electron chi connectivity index (χ1n) is 7.42. The highest BCUT2D eigenvalue weighted by Gasteiger charge is 2.04. The number of benzene rings is 2. The van der Waals surface area contributed by atoms with Crippen molar-refractivity contribution in [3.8, 4) is 0 Å². The minimum Gasteiger partial charge on any atom is -0.339 e. The SMILES string of the molecule is CCc1ccc(Nc2cnnc(Nc3ccc(Cl)c(Cl)c3)n2)cc1. The molecule has 0 aliphatic heterocycles. The Morgan fingerprint density at radius 2 is 1.67 bits per heavy atom. The van der Waals surface area contributed by atoms with Crippen molar-refractivity contribution < 1.29 is 0 Å². The van der Waals surface area contributed by atoms with Gasteiger partial charge in [0.15, 0.2) is 5.82 Å². The van der Waals surface area contributed by atoms with Crippen molar-refractivity contribution in [2.45, 2.75) is 13.3 Å². The van der Waals surface area contributed by atoms with Crippen LogP contribution < -0.4 is 10.6 Å². The number of rotatable bonds is 5. The van der Waals surface area contributed by atoms with Crippen molar-refractivity contribution in [1.82, 2.24) is 15.2 Å². The highest BCUT2D eigenvalue weighted by Crippen LogP contribution is 2.26. The molecule has 0 radical (unpaired) electrons. The number of anilines is 4. The van der Waals surface area contributed by atoms with E-state index >= 15 is 0 Å². The zero-order valence-corrected chi connectivity index (χ0v) is 14.4. The fraction of sp³-hybridized carbons (Fsp3) is 0.118. The molecule has 0 spiro atoms. The van der Waals surface area contributed by atoms with Gasteiger partial charge in [-0.05, 0) is 42.3 Å². The second-order valence-electron chi connectivity index (χ2n) is 5.09. The van der Waals surface area contributed by atoms with E-state index in [1.807, 2.05) is 12.1 Å². The number of hydrogen-bond acceptors (Lipinski definition) is 5. The molecule has 0 unspecified atom stereocenters. The van der Waals surface area contributed by atoms with Gasteiger partial charge in [0.1, 0.15) is 0 Å². The molecule has 0 aliphatic carbocycles. The summed E-state index contributed by atoms with van der Waals surface area (Å²) < 4.78 is 0. The van der Waals surface area contributed by atoms with Gasteiger partial charge in [0, 0.05) is 11.4 Å². The Hall–Kier alpha value is -2.37. The molecule has 5 nitrogen and oxygen atoms in total. The van der Waals surface area contributed by atoms with Crippen LogP contribution in [0.3, 0.4) is 0 Å². The number of nitrogens with one attached hydrogen (secondary N) is 2. The second kappa shape index (κ2) is 7.47. The van der Waals surface area contributed by atoms with Crippen LogP contribution in [0.15, 0.2) is 48.7 Å². The van der Waals surface area contributed by atoms with Gasteiger partial charge >= 0.3 is 0 Å². The summed E-state index contributed by atoms with van der Waals surface area (Å²) in [5.74, 6) is 0.959. The lowest BCUT2D eigenvalue weighted by Gasteiger charge is -2.08. The molecular weight excluding hydrogens is 345 g/mol. The van der Waals surface area contributed by atoms with E-state index in [-0.39, 0.29) is 0 Å². The lowest BCUT2D eigenvalue weighted by Crippen LogP contribution is -2.02. The van der Waals surface area contributed by atoms with Crippen LogP contribution in [-0.2, 0) is 6.42 Å². The monoisotopic (exact) mass is 359 g/mol. The summed E-state index contributed by atoms with van der Waals surface area (Å²) in [5, 5.41) is 15.1. The van der Waals surface area contributed by atoms with Gasteiger partial charge < -0.3 is 10.6 Å². The number of halogens is 2. The zero-order valence-electron chi connectivity index (χ0n) is 12.9. The van der Waals surface area contributed by atoms with Gasteiger partial charge in [-0.25, -0.2) is 0 Å². The Labute approximate surface area is 150 Å². The largest absolute Gasteiger partial charge is 0.339 e. The lowest BCUT2D eigenvalue weighted by molar-refractivity contribution is 0.982. The quantitative estimate of drug-likeness (QED) is 0.653. The van der Waals surface area contributed by atoms with E-state index in [4.69, 9.17) is 23.2 Å². The summed E-state index contributed by atoms with van der Waals surface area (Å²) in [6, 6.07) is 13.4. The Kier molecular flexibility index (Phi) is 5.13. The summed E-state index contributed by atoms with van der Waals surface area (Å²) >= 11 is 11.9. The fourth-order valence-corrected chi connectivity index (χ4v) is 2.39. The number of nitrogens with zero attached hydrogens (tertiary/aromatic N) is 3. The van der Waals surface area contributed by atoms with E-state index in [9.17, 15) is 0 Å². The Bertz CT molecular complexity index is 837. The van der Waals surface area contributed by atoms with Crippen molar-refractivity contribution in [3.63, 3.8) is 0 Å². The minimum absolute atomic E-state index is 0.364. The summed E-state index contributed by atoms with van der Waals surface area (Å²) in [6.07, 6.45) is 2.57. The number of hydrogen-bond donors (Lipinski definition) is 2. The predicted octanol–water partition coefficient (Wildman–Crippen LogP) is 5.23. The van der Waals surface area contributed by atoms with Gasteiger partial charge in [-0.15, -0.1) is 5.10 Å². The molecule has 0 saturated carbocycles. The zero-order chi connectivity index (χ0) is 16.9. The molecule has 1 heterocycles. The molecule has 2 aromatic carbocycles. The Morgan fingerprint density at radius 3 is 2.38 bits per heavy atom. The molecule has 122 valence electrons. The molecule has 2 N–H and O–H groups in total. The maximum Gasteiger partial charge on any atom is 0.249 e. The lowest BCUT2D eigenvalue weighted by atomic mass is 10.1. The number of aromatic nitrogens is 3. The third-order valence-electron chi connectivity index (χ3n) is 3.37. The highest BCUT2D eigenvalue weighted by atomic mass is 35.5. The van der Waals surface area contributed by atoms with Crippen LogP contribution in [0.5, 0.6) is 0 Å². The van der Waals surface area contributed by atoms with Crippen LogP contribution in [0.4, 0.5) is 23.1 Å². The second-order valence-corrected chi connectivity index (χ2v) is 5.91. The van der Waals surface area contributed by atoms with Crippen LogP contribution in [-0.4, -0.2) is 15.2 Å². The first-order chi connectivity index (χ1) is 11.6. The van der Waals surface area contributed by atoms with Crippen LogP contribution >= 0.6 is 23.2 Å². The molecule has 7 heteroatoms. The fourth-order valence-electron chi connectivity index (χ4n) is 2.09. The minimum atomic E-state index is 0.364. The van der Waals surface area contributed by atoms with E-state index in [0.717, 1.165) is 17.8 Å². The van der Waals surface area contributed by atoms with Crippen LogP contribution in [0.2, 0.25) is 10.0 Å². The summed E-state index contributed by atoms with van der Waals surface area (Å²) in [6.45, 7) is 2.12. The van der Waals surface area contributed by atoms with Crippen molar-refractivity contribution in [3.05, 3.63) is 64.3 Å². The van der Waals surface area contributed by atoms with Gasteiger partial charge in [0.05, 0.1) is 16.2 Å². The molecule has 3 aromatic rings. The normalized spacial score (nSPS) is 10.5. The molecule has 0 atom stereocenters. The molecule has 1 aromatic heterocycles. The smallest absolute Gasteiger partial charge is 0.249 e. The van der Waals surface area contributed by atoms with Crippen molar-refractivity contribution in [2.75, 3.05) is 10.6 Å². The molecule has 0 fully saturated rings. The molecular formula is C17H15Cl2N5. The molecule has 0 aliphatic rings. The maximum absolute atomic E-state index is 6.00. The topological polar surface area (TPSA) is 62.7 Å². The highest BCUT2D eigenvalue weighted by molar-refractivity contribution is 6.42. The van der Waals surface area contributed by atoms with Gasteiger partial charge in [0.2, 0.25) is 5.95 Å². The Balaban J connectivity index is 1.74. The summed E-state index contributed by atoms with van der Waals surface area (Å²) in [5.41, 5.74) is 2.95. The standard InChI is InChI=1S/C17H15Cl2N5/c1-2-11-3-5-12(6-4-11)21-16-10-20-24-17(23-16)22-13-7-8-14(18)15(19)9-13/h3-10H,2H2,1H3,(H2,21,22,23,24). The average Bonchev–Trinajstić information content (AvgIpc) is 2.59. The van der Waals surface area contributed by atoms with Crippen molar-refractivity contribution in [2.24, 2.45) is 0 Å². The number of aryl methyl sites for hydroxylation is 1. The van der Waals surface area contributed by atoms with E-state index in [1.54, 1.807) is 24.4 Å². The Morgan fingerprint density at radius 1 is 0.917 bits per heavy atom. The van der Waals surface area contributed by atoms with E-state index in [2.05, 4.69) is 44.9 Å². The molecule has 3 rings (SSSR count). The van der Waals surface area contributed by atoms with Crippen molar-refractivity contribution in [1.29, 1.82) is 0 Å². The first kappa shape index (κ1) is 16.5. The molecule has 0 bridgehead atoms. The van der Waals surface area contributed by atoms with E-state index in [0.29, 0.717) is 21.8 Å². The van der Waals surface area contributed by atoms with Gasteiger partial charge in [0.25, 0.3) is 0 Å². The third kappa shape index (κ3) is 4.13. The molecule has 24 heavy (non-hydrogen) atoms. The molecule has 0 amide bonds. The molecule has 0 saturated heterocycles. The van der Waals surface area contributed by atoms with Crippen LogP contribution in [0.1, 0.15) is 12.5 Å². The van der Waals surface area contributed by atoms with Crippen molar-refractivity contribution >= 4 is 46.3 Å². The summed E-state index contributed by atoms with van der Waals surface area (Å²) in [7, 11) is 0. The maximum atomic E-state index is 6.00. The van der Waals surface area contributed by atoms with Gasteiger partial charge in [-0.3, -0.25) is 0 Å². The van der Waals surface area contributed by atoms with E-state index in [1.165, 1.54) is 5.56 Å². The van der Waals surface area contributed by atoms with Gasteiger partial charge in [-0.2, -0.15) is 10.1 Å². The third-order valence-corrected chi connectivity index (χ3v) is 4.11. The first-order valence-corrected chi connectivity index (χ1v) is 8.17. The summed E-state index contributed by atoms with van der Waals surface area (Å²) in [4.78, 5) is 4.39. The predicted molar refractivity (Wildman–Crippen MR) is 98.7 cm³/mol. The van der Waals surface area contributed by atoms with Crippen LogP contribution in [0, 0.1) is 0 Å². The average molecular weight is 360 g/mol. The van der Waals surface area contributed by atoms with Crippen LogP contribution in [0.25, 0.3) is 0 Å². The van der Waals surface area contributed by atoms with E-state index < -0.39 is 0 Å².